The molecule has 0 amide bonds. The molecule has 0 aliphatic heterocycles. The van der Waals surface area contributed by atoms with Crippen LogP contribution in [0.25, 0.3) is 0 Å². The Morgan fingerprint density at radius 3 is 2.47 bits per heavy atom. The molecule has 1 heterocycles. The van der Waals surface area contributed by atoms with E-state index < -0.39 is 0 Å². The van der Waals surface area contributed by atoms with Crippen LogP contribution in [0.15, 0.2) is 48.8 Å². The molecule has 1 aromatic carbocycles. The third-order valence-corrected chi connectivity index (χ3v) is 3.34. The van der Waals surface area contributed by atoms with Gasteiger partial charge in [0, 0.05) is 24.5 Å². The van der Waals surface area contributed by atoms with E-state index in [4.69, 9.17) is 0 Å². The number of phenolic OH excluding ortho intramolecular Hbond substituents is 1. The summed E-state index contributed by atoms with van der Waals surface area (Å²) < 4.78 is 0. The average Bonchev–Trinajstić information content (AvgIpc) is 2.46. The van der Waals surface area contributed by atoms with Gasteiger partial charge in [0.05, 0.1) is 0 Å². The summed E-state index contributed by atoms with van der Waals surface area (Å²) in [4.78, 5) is 4.15. The number of pyridine rings is 1. The number of rotatable bonds is 5. The zero-order chi connectivity index (χ0) is 13.7. The van der Waals surface area contributed by atoms with Gasteiger partial charge in [-0.2, -0.15) is 0 Å². The maximum atomic E-state index is 9.34. The van der Waals surface area contributed by atoms with E-state index in [9.17, 15) is 5.11 Å². The van der Waals surface area contributed by atoms with E-state index in [1.54, 1.807) is 18.3 Å². The Kier molecular flexibility index (Phi) is 4.53. The molecule has 100 valence electrons. The fraction of sp³-hybridized carbons (Fsp3) is 0.312. The second kappa shape index (κ2) is 6.34. The van der Waals surface area contributed by atoms with Crippen molar-refractivity contribution in [2.24, 2.45) is 0 Å². The molecule has 0 radical (unpaired) electrons. The van der Waals surface area contributed by atoms with Gasteiger partial charge in [0.1, 0.15) is 5.75 Å². The van der Waals surface area contributed by atoms with Crippen molar-refractivity contribution in [1.82, 2.24) is 10.3 Å². The summed E-state index contributed by atoms with van der Waals surface area (Å²) >= 11 is 0. The number of aromatic nitrogens is 1. The molecule has 2 atom stereocenters. The monoisotopic (exact) mass is 256 g/mol. The lowest BCUT2D eigenvalue weighted by molar-refractivity contribution is 0.452. The first-order valence-electron chi connectivity index (χ1n) is 6.65. The zero-order valence-corrected chi connectivity index (χ0v) is 11.4. The molecular weight excluding hydrogens is 236 g/mol. The molecule has 0 saturated heterocycles. The molecule has 0 fully saturated rings. The topological polar surface area (TPSA) is 45.2 Å². The highest BCUT2D eigenvalue weighted by Gasteiger charge is 2.13. The largest absolute Gasteiger partial charge is 0.508 e. The van der Waals surface area contributed by atoms with Crippen LogP contribution in [0.2, 0.25) is 0 Å². The summed E-state index contributed by atoms with van der Waals surface area (Å²) in [6.45, 7) is 4.29. The maximum absolute atomic E-state index is 9.34. The van der Waals surface area contributed by atoms with Crippen molar-refractivity contribution < 1.29 is 5.11 Å². The minimum atomic E-state index is 0.243. The van der Waals surface area contributed by atoms with Gasteiger partial charge in [-0.3, -0.25) is 4.98 Å². The number of nitrogens with one attached hydrogen (secondary N) is 1. The second-order valence-electron chi connectivity index (χ2n) is 4.73. The molecule has 2 rings (SSSR count). The lowest BCUT2D eigenvalue weighted by Gasteiger charge is -2.23. The first-order valence-corrected chi connectivity index (χ1v) is 6.65. The SMILES string of the molecule is CCC(NC(C)c1cccnc1)c1ccc(O)cc1. The van der Waals surface area contributed by atoms with Gasteiger partial charge >= 0.3 is 0 Å². The molecule has 2 N–H and O–H groups in total. The van der Waals surface area contributed by atoms with E-state index in [1.165, 1.54) is 11.1 Å². The highest BCUT2D eigenvalue weighted by Crippen LogP contribution is 2.23. The fourth-order valence-electron chi connectivity index (χ4n) is 2.19. The molecule has 19 heavy (non-hydrogen) atoms. The van der Waals surface area contributed by atoms with Gasteiger partial charge in [0.2, 0.25) is 0 Å². The Hall–Kier alpha value is -1.87. The first-order chi connectivity index (χ1) is 9.20. The summed E-state index contributed by atoms with van der Waals surface area (Å²) in [7, 11) is 0. The van der Waals surface area contributed by atoms with Crippen molar-refractivity contribution in [3.05, 3.63) is 59.9 Å². The lowest BCUT2D eigenvalue weighted by atomic mass is 10.0. The Balaban J connectivity index is 2.09. The Morgan fingerprint density at radius 2 is 1.89 bits per heavy atom. The average molecular weight is 256 g/mol. The van der Waals surface area contributed by atoms with Gasteiger partial charge in [0.15, 0.2) is 0 Å². The van der Waals surface area contributed by atoms with Crippen LogP contribution in [0.4, 0.5) is 0 Å². The van der Waals surface area contributed by atoms with Crippen LogP contribution in [0, 0.1) is 0 Å². The smallest absolute Gasteiger partial charge is 0.115 e. The Morgan fingerprint density at radius 1 is 1.16 bits per heavy atom. The van der Waals surface area contributed by atoms with Crippen LogP contribution in [-0.4, -0.2) is 10.1 Å². The zero-order valence-electron chi connectivity index (χ0n) is 11.4. The molecule has 2 aromatic rings. The van der Waals surface area contributed by atoms with Crippen molar-refractivity contribution in [1.29, 1.82) is 0 Å². The number of phenols is 1. The Bertz CT molecular complexity index is 496. The van der Waals surface area contributed by atoms with Gasteiger partial charge in [-0.05, 0) is 42.7 Å². The number of aromatic hydroxyl groups is 1. The molecule has 0 bridgehead atoms. The van der Waals surface area contributed by atoms with E-state index in [0.717, 1.165) is 6.42 Å². The van der Waals surface area contributed by atoms with Crippen molar-refractivity contribution in [3.63, 3.8) is 0 Å². The summed E-state index contributed by atoms with van der Waals surface area (Å²) in [6.07, 6.45) is 4.67. The summed E-state index contributed by atoms with van der Waals surface area (Å²) in [5.41, 5.74) is 2.37. The van der Waals surface area contributed by atoms with Gasteiger partial charge < -0.3 is 10.4 Å². The minimum Gasteiger partial charge on any atom is -0.508 e. The summed E-state index contributed by atoms with van der Waals surface area (Å²) in [5.74, 6) is 0.305. The van der Waals surface area contributed by atoms with Gasteiger partial charge in [-0.25, -0.2) is 0 Å². The summed E-state index contributed by atoms with van der Waals surface area (Å²) in [6, 6.07) is 11.9. The Labute approximate surface area is 114 Å². The number of nitrogens with zero attached hydrogens (tertiary/aromatic N) is 1. The standard InChI is InChI=1S/C16H20N2O/c1-3-16(13-6-8-15(19)9-7-13)18-12(2)14-5-4-10-17-11-14/h4-12,16,18-19H,3H2,1-2H3. The fourth-order valence-corrected chi connectivity index (χ4v) is 2.19. The molecule has 0 aliphatic rings. The van der Waals surface area contributed by atoms with E-state index in [0.29, 0.717) is 5.75 Å². The lowest BCUT2D eigenvalue weighted by Crippen LogP contribution is -2.24. The van der Waals surface area contributed by atoms with E-state index >= 15 is 0 Å². The van der Waals surface area contributed by atoms with Gasteiger partial charge in [-0.15, -0.1) is 0 Å². The van der Waals surface area contributed by atoms with Crippen LogP contribution in [-0.2, 0) is 0 Å². The molecule has 0 saturated carbocycles. The minimum absolute atomic E-state index is 0.243. The first kappa shape index (κ1) is 13.6. The van der Waals surface area contributed by atoms with Crippen LogP contribution in [0.1, 0.15) is 43.5 Å². The van der Waals surface area contributed by atoms with Crippen molar-refractivity contribution in [2.75, 3.05) is 0 Å². The van der Waals surface area contributed by atoms with Gasteiger partial charge in [0.25, 0.3) is 0 Å². The normalized spacial score (nSPS) is 14.0. The maximum Gasteiger partial charge on any atom is 0.115 e. The van der Waals surface area contributed by atoms with Crippen LogP contribution >= 0.6 is 0 Å². The van der Waals surface area contributed by atoms with E-state index in [1.807, 2.05) is 24.4 Å². The van der Waals surface area contributed by atoms with E-state index in [2.05, 4.69) is 30.2 Å². The molecule has 3 heteroatoms. The quantitative estimate of drug-likeness (QED) is 0.859. The van der Waals surface area contributed by atoms with Crippen molar-refractivity contribution in [3.8, 4) is 5.75 Å². The van der Waals surface area contributed by atoms with E-state index in [-0.39, 0.29) is 12.1 Å². The number of hydrogen-bond donors (Lipinski definition) is 2. The molecule has 0 spiro atoms. The van der Waals surface area contributed by atoms with Gasteiger partial charge in [-0.1, -0.05) is 25.1 Å². The molecule has 2 unspecified atom stereocenters. The third kappa shape index (κ3) is 3.55. The van der Waals surface area contributed by atoms with Crippen LogP contribution in [0.3, 0.4) is 0 Å². The second-order valence-corrected chi connectivity index (χ2v) is 4.73. The summed E-state index contributed by atoms with van der Waals surface area (Å²) in [5, 5.41) is 12.9. The number of hydrogen-bond acceptors (Lipinski definition) is 3. The van der Waals surface area contributed by atoms with Crippen LogP contribution < -0.4 is 5.32 Å². The predicted molar refractivity (Wildman–Crippen MR) is 76.9 cm³/mol. The highest BCUT2D eigenvalue weighted by molar-refractivity contribution is 5.28. The third-order valence-electron chi connectivity index (χ3n) is 3.34. The molecular formula is C16H20N2O. The number of benzene rings is 1. The predicted octanol–water partition coefficient (Wildman–Crippen LogP) is 3.59. The van der Waals surface area contributed by atoms with Crippen molar-refractivity contribution in [2.45, 2.75) is 32.4 Å². The molecule has 0 aliphatic carbocycles. The molecule has 1 aromatic heterocycles. The highest BCUT2D eigenvalue weighted by atomic mass is 16.3. The van der Waals surface area contributed by atoms with Crippen LogP contribution in [0.5, 0.6) is 5.75 Å². The van der Waals surface area contributed by atoms with Crippen molar-refractivity contribution >= 4 is 0 Å². The molecule has 3 nitrogen and oxygen atoms in total.